The maximum absolute atomic E-state index is 14.0. The monoisotopic (exact) mass is 549 g/mol. The molecule has 1 aliphatic rings. The molecular formula is C14H10Br2F7O3S. The molecule has 1 aliphatic heterocycles. The second-order valence-electron chi connectivity index (χ2n) is 5.71. The quantitative estimate of drug-likeness (QED) is 0.468. The highest BCUT2D eigenvalue weighted by Gasteiger charge is 2.78. The van der Waals surface area contributed by atoms with Crippen LogP contribution in [-0.2, 0) is 21.0 Å². The van der Waals surface area contributed by atoms with E-state index < -0.39 is 43.8 Å². The van der Waals surface area contributed by atoms with E-state index in [1.54, 1.807) is 0 Å². The third-order valence-corrected chi connectivity index (χ3v) is 6.83. The SMILES string of the molecule is O=S(=O)(c1cc(Br)[c]c(Br)c1CC1CCCO1)C(F)(F)C(F)(F)C(F)(F)F. The van der Waals surface area contributed by atoms with Crippen LogP contribution in [0.2, 0.25) is 0 Å². The van der Waals surface area contributed by atoms with Crippen molar-refractivity contribution in [1.29, 1.82) is 0 Å². The van der Waals surface area contributed by atoms with Crippen LogP contribution in [0.25, 0.3) is 0 Å². The van der Waals surface area contributed by atoms with E-state index in [1.165, 1.54) is 0 Å². The van der Waals surface area contributed by atoms with Gasteiger partial charge in [-0.3, -0.25) is 0 Å². The lowest BCUT2D eigenvalue weighted by Gasteiger charge is -2.28. The summed E-state index contributed by atoms with van der Waals surface area (Å²) in [4.78, 5) is -1.36. The Morgan fingerprint density at radius 1 is 1.15 bits per heavy atom. The van der Waals surface area contributed by atoms with Gasteiger partial charge in [0.1, 0.15) is 0 Å². The molecule has 3 nitrogen and oxygen atoms in total. The van der Waals surface area contributed by atoms with Crippen LogP contribution in [0.1, 0.15) is 18.4 Å². The summed E-state index contributed by atoms with van der Waals surface area (Å²) >= 11 is 5.67. The van der Waals surface area contributed by atoms with Crippen molar-refractivity contribution in [3.63, 3.8) is 0 Å². The van der Waals surface area contributed by atoms with Gasteiger partial charge >= 0.3 is 17.4 Å². The van der Waals surface area contributed by atoms with Crippen molar-refractivity contribution in [2.24, 2.45) is 0 Å². The Hall–Kier alpha value is -0.400. The number of hydrogen-bond acceptors (Lipinski definition) is 3. The summed E-state index contributed by atoms with van der Waals surface area (Å²) in [6, 6.07) is 3.02. The van der Waals surface area contributed by atoms with Gasteiger partial charge in [-0.1, -0.05) is 15.9 Å². The predicted octanol–water partition coefficient (Wildman–Crippen LogP) is 5.30. The zero-order valence-electron chi connectivity index (χ0n) is 13.0. The molecule has 1 saturated heterocycles. The lowest BCUT2D eigenvalue weighted by atomic mass is 10.1. The molecule has 0 aromatic heterocycles. The maximum Gasteiger partial charge on any atom is 0.461 e. The number of rotatable bonds is 5. The molecule has 1 radical (unpaired) electrons. The van der Waals surface area contributed by atoms with Crippen molar-refractivity contribution >= 4 is 41.7 Å². The van der Waals surface area contributed by atoms with E-state index in [-0.39, 0.29) is 15.4 Å². The molecule has 1 unspecified atom stereocenters. The summed E-state index contributed by atoms with van der Waals surface area (Å²) in [5.74, 6) is -6.79. The van der Waals surface area contributed by atoms with Gasteiger partial charge in [0.05, 0.1) is 11.0 Å². The van der Waals surface area contributed by atoms with Crippen LogP contribution in [0.4, 0.5) is 30.7 Å². The number of sulfone groups is 1. The van der Waals surface area contributed by atoms with E-state index in [2.05, 4.69) is 37.9 Å². The highest BCUT2D eigenvalue weighted by molar-refractivity contribution is 9.11. The first-order valence-electron chi connectivity index (χ1n) is 7.21. The van der Waals surface area contributed by atoms with Crippen LogP contribution in [-0.4, -0.2) is 38.5 Å². The summed E-state index contributed by atoms with van der Waals surface area (Å²) in [5, 5.41) is -6.43. The van der Waals surface area contributed by atoms with Gasteiger partial charge in [-0.2, -0.15) is 30.7 Å². The summed E-state index contributed by atoms with van der Waals surface area (Å²) < 4.78 is 121. The fourth-order valence-electron chi connectivity index (χ4n) is 2.46. The molecule has 0 aliphatic carbocycles. The highest BCUT2D eigenvalue weighted by atomic mass is 79.9. The molecular weight excluding hydrogens is 541 g/mol. The van der Waals surface area contributed by atoms with Gasteiger partial charge in [0.15, 0.2) is 0 Å². The maximum atomic E-state index is 14.0. The van der Waals surface area contributed by atoms with Crippen LogP contribution in [0.3, 0.4) is 0 Å². The largest absolute Gasteiger partial charge is 0.461 e. The van der Waals surface area contributed by atoms with Gasteiger partial charge in [-0.05, 0) is 40.4 Å². The van der Waals surface area contributed by atoms with Crippen molar-refractivity contribution in [3.05, 3.63) is 26.6 Å². The van der Waals surface area contributed by atoms with E-state index >= 15 is 0 Å². The van der Waals surface area contributed by atoms with Crippen LogP contribution in [0.5, 0.6) is 0 Å². The molecule has 13 heteroatoms. The third kappa shape index (κ3) is 4.01. The first kappa shape index (κ1) is 22.9. The number of benzene rings is 1. The first-order chi connectivity index (χ1) is 12.1. The van der Waals surface area contributed by atoms with Crippen molar-refractivity contribution in [2.75, 3.05) is 6.61 Å². The molecule has 1 atom stereocenters. The van der Waals surface area contributed by atoms with Crippen LogP contribution in [0, 0.1) is 6.07 Å². The second kappa shape index (κ2) is 7.45. The van der Waals surface area contributed by atoms with Crippen LogP contribution >= 0.6 is 31.9 Å². The minimum Gasteiger partial charge on any atom is -0.378 e. The second-order valence-corrected chi connectivity index (χ2v) is 9.31. The smallest absolute Gasteiger partial charge is 0.378 e. The third-order valence-electron chi connectivity index (χ3n) is 3.85. The zero-order valence-corrected chi connectivity index (χ0v) is 17.0. The van der Waals surface area contributed by atoms with Crippen molar-refractivity contribution in [2.45, 2.75) is 47.6 Å². The molecule has 1 aromatic rings. The van der Waals surface area contributed by atoms with Crippen molar-refractivity contribution in [3.8, 4) is 0 Å². The fourth-order valence-corrected chi connectivity index (χ4v) is 5.54. The lowest BCUT2D eigenvalue weighted by Crippen LogP contribution is -2.56. The summed E-state index contributed by atoms with van der Waals surface area (Å²) in [6.07, 6.45) is -6.61. The summed E-state index contributed by atoms with van der Waals surface area (Å²) in [5.41, 5.74) is -0.414. The summed E-state index contributed by atoms with van der Waals surface area (Å²) in [7, 11) is -6.44. The average Bonchev–Trinajstić information content (AvgIpc) is 3.01. The molecule has 27 heavy (non-hydrogen) atoms. The van der Waals surface area contributed by atoms with E-state index in [4.69, 9.17) is 4.74 Å². The van der Waals surface area contributed by atoms with E-state index in [1.807, 2.05) is 0 Å². The Bertz CT molecular complexity index is 819. The van der Waals surface area contributed by atoms with Crippen molar-refractivity contribution < 1.29 is 43.9 Å². The minimum absolute atomic E-state index is 0.169. The number of hydrogen-bond donors (Lipinski definition) is 0. The molecule has 153 valence electrons. The molecule has 1 heterocycles. The van der Waals surface area contributed by atoms with Gasteiger partial charge in [0.2, 0.25) is 0 Å². The molecule has 1 fully saturated rings. The number of halogens is 9. The number of alkyl halides is 7. The van der Waals surface area contributed by atoms with E-state index in [9.17, 15) is 39.2 Å². The van der Waals surface area contributed by atoms with Gasteiger partial charge in [0.25, 0.3) is 9.84 Å². The van der Waals surface area contributed by atoms with E-state index in [0.717, 1.165) is 0 Å². The summed E-state index contributed by atoms with van der Waals surface area (Å²) in [6.45, 7) is 0.326. The van der Waals surface area contributed by atoms with E-state index in [0.29, 0.717) is 25.5 Å². The zero-order chi connectivity index (χ0) is 20.8. The van der Waals surface area contributed by atoms with Crippen LogP contribution < -0.4 is 0 Å². The van der Waals surface area contributed by atoms with Crippen LogP contribution in [0.15, 0.2) is 19.9 Å². The standard InChI is InChI=1S/C14H10Br2F7O3S/c15-7-4-10(16)9(6-8-2-1-3-26-8)11(5-7)27(24,25)14(22,23)12(17,18)13(19,20)21/h5,8H,1-3,6H2. The number of ether oxygens (including phenoxy) is 1. The van der Waals surface area contributed by atoms with Gasteiger partial charge in [0, 0.05) is 28.0 Å². The first-order valence-corrected chi connectivity index (χ1v) is 10.3. The molecule has 0 amide bonds. The Morgan fingerprint density at radius 3 is 2.22 bits per heavy atom. The molecule has 2 rings (SSSR count). The minimum atomic E-state index is -6.79. The van der Waals surface area contributed by atoms with Crippen molar-refractivity contribution in [1.82, 2.24) is 0 Å². The molecule has 0 bridgehead atoms. The highest BCUT2D eigenvalue weighted by Crippen LogP contribution is 2.51. The Balaban J connectivity index is 2.64. The fraction of sp³-hybridized carbons (Fsp3) is 0.571. The Morgan fingerprint density at radius 2 is 1.74 bits per heavy atom. The topological polar surface area (TPSA) is 43.4 Å². The van der Waals surface area contributed by atoms with Gasteiger partial charge < -0.3 is 4.74 Å². The lowest BCUT2D eigenvalue weighted by molar-refractivity contribution is -0.332. The Kier molecular flexibility index (Phi) is 6.31. The molecule has 0 N–H and O–H groups in total. The molecule has 0 saturated carbocycles. The predicted molar refractivity (Wildman–Crippen MR) is 86.5 cm³/mol. The normalized spacial score (nSPS) is 19.5. The van der Waals surface area contributed by atoms with Gasteiger partial charge in [-0.15, -0.1) is 0 Å². The Labute approximate surface area is 166 Å². The average molecular weight is 551 g/mol. The molecule has 0 spiro atoms. The molecule has 1 aromatic carbocycles. The van der Waals surface area contributed by atoms with Gasteiger partial charge in [-0.25, -0.2) is 8.42 Å².